The number of piperidine rings is 1. The highest BCUT2D eigenvalue weighted by atomic mass is 32.2. The Morgan fingerprint density at radius 2 is 1.74 bits per heavy atom. The summed E-state index contributed by atoms with van der Waals surface area (Å²) in [6, 6.07) is 6.16. The number of likely N-dealkylation sites (tertiary alicyclic amines) is 1. The summed E-state index contributed by atoms with van der Waals surface area (Å²) in [6.45, 7) is 7.77. The normalized spacial score (nSPS) is 20.6. The van der Waals surface area contributed by atoms with Crippen LogP contribution in [0, 0.1) is 11.3 Å². The van der Waals surface area contributed by atoms with Crippen molar-refractivity contribution in [1.82, 2.24) is 9.62 Å². The van der Waals surface area contributed by atoms with Gasteiger partial charge in [0.05, 0.1) is 11.0 Å². The molecule has 0 aromatic heterocycles. The lowest BCUT2D eigenvalue weighted by Gasteiger charge is -2.35. The SMILES string of the molecule is CC(C)(C)C(=O)N1CCC(C(=O)Nc2ccc(S(=O)(=O)NCC3CCCO3)cc2)CC1. The number of rotatable bonds is 6. The van der Waals surface area contributed by atoms with Crippen LogP contribution in [0.2, 0.25) is 0 Å². The number of nitrogens with one attached hydrogen (secondary N) is 2. The third-order valence-corrected chi connectivity index (χ3v) is 7.19. The van der Waals surface area contributed by atoms with E-state index in [0.717, 1.165) is 12.8 Å². The maximum absolute atomic E-state index is 12.6. The minimum Gasteiger partial charge on any atom is -0.377 e. The van der Waals surface area contributed by atoms with E-state index >= 15 is 0 Å². The van der Waals surface area contributed by atoms with Crippen molar-refractivity contribution < 1.29 is 22.7 Å². The molecule has 3 rings (SSSR count). The van der Waals surface area contributed by atoms with Crippen LogP contribution in [0.5, 0.6) is 0 Å². The molecular weight excluding hydrogens is 418 g/mol. The molecule has 0 radical (unpaired) electrons. The number of ether oxygens (including phenoxy) is 1. The van der Waals surface area contributed by atoms with E-state index in [9.17, 15) is 18.0 Å². The van der Waals surface area contributed by atoms with Crippen LogP contribution in [0.3, 0.4) is 0 Å². The van der Waals surface area contributed by atoms with Crippen molar-refractivity contribution in [3.63, 3.8) is 0 Å². The number of anilines is 1. The number of carbonyl (C=O) groups is 2. The Kier molecular flexibility index (Phi) is 7.39. The standard InChI is InChI=1S/C22H33N3O5S/c1-22(2,3)21(27)25-12-10-16(11-13-25)20(26)24-17-6-8-19(9-7-17)31(28,29)23-15-18-5-4-14-30-18/h6-9,16,18,23H,4-5,10-15H2,1-3H3,(H,24,26). The third kappa shape index (κ3) is 6.27. The lowest BCUT2D eigenvalue weighted by Crippen LogP contribution is -2.45. The quantitative estimate of drug-likeness (QED) is 0.691. The zero-order valence-corrected chi connectivity index (χ0v) is 19.3. The third-order valence-electron chi connectivity index (χ3n) is 5.75. The number of carbonyl (C=O) groups excluding carboxylic acids is 2. The molecule has 0 saturated carbocycles. The van der Waals surface area contributed by atoms with Gasteiger partial charge in [0.25, 0.3) is 0 Å². The van der Waals surface area contributed by atoms with Crippen LogP contribution >= 0.6 is 0 Å². The maximum atomic E-state index is 12.6. The number of hydrogen-bond acceptors (Lipinski definition) is 5. The van der Waals surface area contributed by atoms with Crippen LogP contribution in [0.4, 0.5) is 5.69 Å². The molecule has 8 nitrogen and oxygen atoms in total. The number of benzene rings is 1. The van der Waals surface area contributed by atoms with Crippen LogP contribution in [-0.4, -0.2) is 57.5 Å². The van der Waals surface area contributed by atoms with Gasteiger partial charge in [-0.25, -0.2) is 13.1 Å². The highest BCUT2D eigenvalue weighted by Crippen LogP contribution is 2.25. The van der Waals surface area contributed by atoms with E-state index in [2.05, 4.69) is 10.0 Å². The molecule has 9 heteroatoms. The summed E-state index contributed by atoms with van der Waals surface area (Å²) in [7, 11) is -3.62. The highest BCUT2D eigenvalue weighted by Gasteiger charge is 2.32. The maximum Gasteiger partial charge on any atom is 0.240 e. The van der Waals surface area contributed by atoms with Crippen molar-refractivity contribution in [3.05, 3.63) is 24.3 Å². The zero-order chi connectivity index (χ0) is 22.6. The molecule has 1 atom stereocenters. The molecule has 2 heterocycles. The molecule has 31 heavy (non-hydrogen) atoms. The van der Waals surface area contributed by atoms with Crippen molar-refractivity contribution in [2.75, 3.05) is 31.6 Å². The molecule has 1 unspecified atom stereocenters. The van der Waals surface area contributed by atoms with Crippen LogP contribution in [-0.2, 0) is 24.3 Å². The molecule has 2 saturated heterocycles. The fraction of sp³-hybridized carbons (Fsp3) is 0.636. The van der Waals surface area contributed by atoms with Gasteiger partial charge in [-0.1, -0.05) is 20.8 Å². The molecular formula is C22H33N3O5S. The van der Waals surface area contributed by atoms with Crippen molar-refractivity contribution in [2.45, 2.75) is 57.5 Å². The van der Waals surface area contributed by atoms with Crippen LogP contribution < -0.4 is 10.0 Å². The average molecular weight is 452 g/mol. The summed E-state index contributed by atoms with van der Waals surface area (Å²) in [4.78, 5) is 27.0. The van der Waals surface area contributed by atoms with Gasteiger partial charge in [0.15, 0.2) is 0 Å². The Hall–Kier alpha value is -1.97. The van der Waals surface area contributed by atoms with E-state index in [1.165, 1.54) is 12.1 Å². The molecule has 1 aromatic rings. The molecule has 172 valence electrons. The summed E-state index contributed by atoms with van der Waals surface area (Å²) in [5.74, 6) is -0.160. The summed E-state index contributed by atoms with van der Waals surface area (Å²) in [5.41, 5.74) is 0.132. The molecule has 2 N–H and O–H groups in total. The first-order chi connectivity index (χ1) is 14.6. The lowest BCUT2D eigenvalue weighted by molar-refractivity contribution is -0.142. The first-order valence-corrected chi connectivity index (χ1v) is 12.4. The largest absolute Gasteiger partial charge is 0.377 e. The van der Waals surface area contributed by atoms with Crippen LogP contribution in [0.25, 0.3) is 0 Å². The van der Waals surface area contributed by atoms with E-state index in [-0.39, 0.29) is 35.3 Å². The summed E-state index contributed by atoms with van der Waals surface area (Å²) in [5, 5.41) is 2.86. The minimum atomic E-state index is -3.62. The highest BCUT2D eigenvalue weighted by molar-refractivity contribution is 7.89. The van der Waals surface area contributed by atoms with Gasteiger partial charge in [0, 0.05) is 43.3 Å². The smallest absolute Gasteiger partial charge is 0.240 e. The Labute approximate surface area is 184 Å². The monoisotopic (exact) mass is 451 g/mol. The summed E-state index contributed by atoms with van der Waals surface area (Å²) >= 11 is 0. The summed E-state index contributed by atoms with van der Waals surface area (Å²) < 4.78 is 32.9. The molecule has 0 bridgehead atoms. The fourth-order valence-corrected chi connectivity index (χ4v) is 4.94. The number of sulfonamides is 1. The summed E-state index contributed by atoms with van der Waals surface area (Å²) in [6.07, 6.45) is 2.97. The van der Waals surface area contributed by atoms with E-state index < -0.39 is 15.4 Å². The topological polar surface area (TPSA) is 105 Å². The van der Waals surface area contributed by atoms with E-state index in [1.54, 1.807) is 12.1 Å². The second kappa shape index (κ2) is 9.67. The van der Waals surface area contributed by atoms with E-state index in [1.807, 2.05) is 25.7 Å². The molecule has 0 aliphatic carbocycles. The predicted molar refractivity (Wildman–Crippen MR) is 118 cm³/mol. The Morgan fingerprint density at radius 1 is 1.10 bits per heavy atom. The van der Waals surface area contributed by atoms with Gasteiger partial charge in [-0.05, 0) is 49.9 Å². The number of amides is 2. The molecule has 2 amide bonds. The lowest BCUT2D eigenvalue weighted by atomic mass is 9.90. The predicted octanol–water partition coefficient (Wildman–Crippen LogP) is 2.37. The van der Waals surface area contributed by atoms with Gasteiger partial charge in [0.2, 0.25) is 21.8 Å². The van der Waals surface area contributed by atoms with Gasteiger partial charge in [-0.15, -0.1) is 0 Å². The average Bonchev–Trinajstić information content (AvgIpc) is 3.25. The second-order valence-corrected chi connectivity index (χ2v) is 11.1. The fourth-order valence-electron chi connectivity index (χ4n) is 3.87. The Bertz CT molecular complexity index is 879. The first kappa shape index (κ1) is 23.7. The second-order valence-electron chi connectivity index (χ2n) is 9.32. The first-order valence-electron chi connectivity index (χ1n) is 10.9. The van der Waals surface area contributed by atoms with E-state index in [4.69, 9.17) is 4.74 Å². The molecule has 1 aromatic carbocycles. The number of nitrogens with zero attached hydrogens (tertiary/aromatic N) is 1. The Morgan fingerprint density at radius 3 is 2.29 bits per heavy atom. The van der Waals surface area contributed by atoms with Gasteiger partial charge >= 0.3 is 0 Å². The molecule has 2 fully saturated rings. The van der Waals surface area contributed by atoms with Crippen LogP contribution in [0.1, 0.15) is 46.5 Å². The van der Waals surface area contributed by atoms with Gasteiger partial charge in [0.1, 0.15) is 0 Å². The van der Waals surface area contributed by atoms with E-state index in [0.29, 0.717) is 38.2 Å². The van der Waals surface area contributed by atoms with Crippen molar-refractivity contribution in [2.24, 2.45) is 11.3 Å². The molecule has 0 spiro atoms. The van der Waals surface area contributed by atoms with Gasteiger partial charge in [-0.2, -0.15) is 0 Å². The van der Waals surface area contributed by atoms with Crippen molar-refractivity contribution >= 4 is 27.5 Å². The zero-order valence-electron chi connectivity index (χ0n) is 18.5. The molecule has 2 aliphatic heterocycles. The Balaban J connectivity index is 1.50. The van der Waals surface area contributed by atoms with Gasteiger partial charge in [-0.3, -0.25) is 9.59 Å². The molecule has 2 aliphatic rings. The number of hydrogen-bond donors (Lipinski definition) is 2. The van der Waals surface area contributed by atoms with Crippen LogP contribution in [0.15, 0.2) is 29.2 Å². The van der Waals surface area contributed by atoms with Gasteiger partial charge < -0.3 is 15.0 Å². The van der Waals surface area contributed by atoms with Crippen molar-refractivity contribution in [3.8, 4) is 0 Å². The minimum absolute atomic E-state index is 0.0709. The van der Waals surface area contributed by atoms with Crippen molar-refractivity contribution in [1.29, 1.82) is 0 Å².